The molecule has 0 radical (unpaired) electrons. The molecule has 2 amide bonds. The van der Waals surface area contributed by atoms with E-state index in [-0.39, 0.29) is 49.3 Å². The van der Waals surface area contributed by atoms with Crippen molar-refractivity contribution in [2.75, 3.05) is 6.61 Å². The van der Waals surface area contributed by atoms with Crippen LogP contribution in [0, 0.1) is 5.92 Å². The SMILES string of the molecule is CC(CCC(=O)O)NC(=O)CC(NC(=O)OCC1c2ccccc2-c2ccccc21)C1CCCC1. The number of hydrogen-bond acceptors (Lipinski definition) is 4. The number of amides is 2. The summed E-state index contributed by atoms with van der Waals surface area (Å²) < 4.78 is 5.71. The van der Waals surface area contributed by atoms with Gasteiger partial charge in [-0.1, -0.05) is 61.4 Å². The zero-order valence-corrected chi connectivity index (χ0v) is 20.2. The Morgan fingerprint density at radius 1 is 0.971 bits per heavy atom. The van der Waals surface area contributed by atoms with Gasteiger partial charge in [0, 0.05) is 30.8 Å². The maximum absolute atomic E-state index is 12.8. The summed E-state index contributed by atoms with van der Waals surface area (Å²) in [6, 6.07) is 15.9. The van der Waals surface area contributed by atoms with Gasteiger partial charge in [0.2, 0.25) is 5.91 Å². The van der Waals surface area contributed by atoms with E-state index in [1.54, 1.807) is 6.92 Å². The fraction of sp³-hybridized carbons (Fsp3) is 0.464. The average Bonchev–Trinajstić information content (AvgIpc) is 3.48. The number of carbonyl (C=O) groups is 3. The van der Waals surface area contributed by atoms with E-state index >= 15 is 0 Å². The van der Waals surface area contributed by atoms with E-state index in [1.807, 2.05) is 24.3 Å². The Labute approximate surface area is 206 Å². The molecule has 186 valence electrons. The highest BCUT2D eigenvalue weighted by Gasteiger charge is 2.31. The zero-order valence-electron chi connectivity index (χ0n) is 20.2. The molecule has 2 aromatic carbocycles. The minimum absolute atomic E-state index is 0.00546. The van der Waals surface area contributed by atoms with Gasteiger partial charge in [-0.15, -0.1) is 0 Å². The number of carboxylic acid groups (broad SMARTS) is 1. The number of fused-ring (bicyclic) bond motifs is 3. The highest BCUT2D eigenvalue weighted by atomic mass is 16.5. The van der Waals surface area contributed by atoms with Crippen LogP contribution in [0.2, 0.25) is 0 Å². The van der Waals surface area contributed by atoms with E-state index in [9.17, 15) is 14.4 Å². The van der Waals surface area contributed by atoms with Crippen molar-refractivity contribution in [2.45, 2.75) is 69.9 Å². The minimum atomic E-state index is -0.883. The van der Waals surface area contributed by atoms with Gasteiger partial charge >= 0.3 is 12.1 Å². The molecule has 0 spiro atoms. The summed E-state index contributed by atoms with van der Waals surface area (Å²) in [5, 5.41) is 14.7. The molecule has 2 atom stereocenters. The van der Waals surface area contributed by atoms with E-state index in [4.69, 9.17) is 9.84 Å². The van der Waals surface area contributed by atoms with Gasteiger partial charge in [-0.3, -0.25) is 9.59 Å². The van der Waals surface area contributed by atoms with Crippen molar-refractivity contribution in [2.24, 2.45) is 5.92 Å². The van der Waals surface area contributed by atoms with Crippen LogP contribution >= 0.6 is 0 Å². The van der Waals surface area contributed by atoms with Gasteiger partial charge in [0.1, 0.15) is 6.61 Å². The second-order valence-corrected chi connectivity index (χ2v) is 9.73. The zero-order chi connectivity index (χ0) is 24.8. The Kier molecular flexibility index (Phi) is 8.06. The van der Waals surface area contributed by atoms with Crippen molar-refractivity contribution in [1.29, 1.82) is 0 Å². The molecule has 4 rings (SSSR count). The molecule has 2 aromatic rings. The summed E-state index contributed by atoms with van der Waals surface area (Å²) >= 11 is 0. The van der Waals surface area contributed by atoms with E-state index in [0.717, 1.165) is 36.8 Å². The van der Waals surface area contributed by atoms with Crippen molar-refractivity contribution in [1.82, 2.24) is 10.6 Å². The van der Waals surface area contributed by atoms with Crippen LogP contribution in [-0.4, -0.2) is 41.8 Å². The third-order valence-corrected chi connectivity index (χ3v) is 7.22. The Balaban J connectivity index is 1.35. The summed E-state index contributed by atoms with van der Waals surface area (Å²) in [4.78, 5) is 36.3. The topological polar surface area (TPSA) is 105 Å². The summed E-state index contributed by atoms with van der Waals surface area (Å²) in [5.41, 5.74) is 4.66. The number of rotatable bonds is 10. The lowest BCUT2D eigenvalue weighted by Crippen LogP contribution is -2.45. The predicted octanol–water partition coefficient (Wildman–Crippen LogP) is 4.84. The van der Waals surface area contributed by atoms with Gasteiger partial charge in [-0.2, -0.15) is 0 Å². The molecule has 2 aliphatic rings. The lowest BCUT2D eigenvalue weighted by molar-refractivity contribution is -0.137. The molecule has 1 saturated carbocycles. The van der Waals surface area contributed by atoms with Crippen LogP contribution in [0.3, 0.4) is 0 Å². The molecule has 0 heterocycles. The smallest absolute Gasteiger partial charge is 0.407 e. The van der Waals surface area contributed by atoms with Gasteiger partial charge in [-0.05, 0) is 54.4 Å². The second-order valence-electron chi connectivity index (χ2n) is 9.73. The highest BCUT2D eigenvalue weighted by molar-refractivity contribution is 5.80. The summed E-state index contributed by atoms with van der Waals surface area (Å²) in [7, 11) is 0. The summed E-state index contributed by atoms with van der Waals surface area (Å²) in [5.74, 6) is -0.849. The first-order chi connectivity index (χ1) is 16.9. The molecule has 1 fully saturated rings. The van der Waals surface area contributed by atoms with Crippen LogP contribution < -0.4 is 10.6 Å². The first-order valence-corrected chi connectivity index (χ1v) is 12.5. The quantitative estimate of drug-likeness (QED) is 0.453. The fourth-order valence-corrected chi connectivity index (χ4v) is 5.43. The third kappa shape index (κ3) is 6.21. The second kappa shape index (κ2) is 11.4. The van der Waals surface area contributed by atoms with Gasteiger partial charge in [0.15, 0.2) is 0 Å². The van der Waals surface area contributed by atoms with E-state index in [2.05, 4.69) is 34.9 Å². The first kappa shape index (κ1) is 24.8. The lowest BCUT2D eigenvalue weighted by Gasteiger charge is -2.25. The van der Waals surface area contributed by atoms with Crippen molar-refractivity contribution >= 4 is 18.0 Å². The largest absolute Gasteiger partial charge is 0.481 e. The van der Waals surface area contributed by atoms with Gasteiger partial charge in [0.05, 0.1) is 0 Å². The van der Waals surface area contributed by atoms with E-state index in [0.29, 0.717) is 6.42 Å². The molecule has 0 bridgehead atoms. The molecule has 0 saturated heterocycles. The number of aliphatic carboxylic acids is 1. The maximum Gasteiger partial charge on any atom is 0.407 e. The molecule has 3 N–H and O–H groups in total. The standard InChI is InChI=1S/C28H34N2O5/c1-18(14-15-27(32)33)29-26(31)16-25(19-8-2-3-9-19)30-28(34)35-17-24-22-12-6-4-10-20(22)21-11-5-7-13-23(21)24/h4-7,10-13,18-19,24-25H,2-3,8-9,14-17H2,1H3,(H,29,31)(H,30,34)(H,32,33). The Morgan fingerprint density at radius 3 is 2.17 bits per heavy atom. The Morgan fingerprint density at radius 2 is 1.57 bits per heavy atom. The average molecular weight is 479 g/mol. The molecule has 0 aromatic heterocycles. The molecule has 7 nitrogen and oxygen atoms in total. The van der Waals surface area contributed by atoms with Crippen LogP contribution in [0.4, 0.5) is 4.79 Å². The Hall–Kier alpha value is -3.35. The molecule has 0 aliphatic heterocycles. The van der Waals surface area contributed by atoms with Crippen LogP contribution in [0.1, 0.15) is 68.9 Å². The molecule has 35 heavy (non-hydrogen) atoms. The monoisotopic (exact) mass is 478 g/mol. The van der Waals surface area contributed by atoms with Crippen LogP contribution in [0.5, 0.6) is 0 Å². The third-order valence-electron chi connectivity index (χ3n) is 7.22. The fourth-order valence-electron chi connectivity index (χ4n) is 5.43. The van der Waals surface area contributed by atoms with Crippen LogP contribution in [0.25, 0.3) is 11.1 Å². The number of carboxylic acids is 1. The van der Waals surface area contributed by atoms with Crippen molar-refractivity contribution < 1.29 is 24.2 Å². The number of hydrogen-bond donors (Lipinski definition) is 3. The first-order valence-electron chi connectivity index (χ1n) is 12.5. The Bertz CT molecular complexity index is 1020. The lowest BCUT2D eigenvalue weighted by atomic mass is 9.95. The molecular weight excluding hydrogens is 444 g/mol. The predicted molar refractivity (Wildman–Crippen MR) is 133 cm³/mol. The molecule has 7 heteroatoms. The normalized spacial score (nSPS) is 16.7. The number of alkyl carbamates (subject to hydrolysis) is 1. The number of ether oxygens (including phenoxy) is 1. The van der Waals surface area contributed by atoms with Crippen molar-refractivity contribution in [3.63, 3.8) is 0 Å². The van der Waals surface area contributed by atoms with Crippen molar-refractivity contribution in [3.05, 3.63) is 59.7 Å². The molecule has 2 aliphatic carbocycles. The van der Waals surface area contributed by atoms with E-state index in [1.165, 1.54) is 11.1 Å². The van der Waals surface area contributed by atoms with E-state index < -0.39 is 12.1 Å². The number of nitrogens with one attached hydrogen (secondary N) is 2. The summed E-state index contributed by atoms with van der Waals surface area (Å²) in [6.45, 7) is 2.03. The van der Waals surface area contributed by atoms with Crippen molar-refractivity contribution in [3.8, 4) is 11.1 Å². The maximum atomic E-state index is 12.8. The molecular formula is C28H34N2O5. The van der Waals surface area contributed by atoms with Gasteiger partial charge < -0.3 is 20.5 Å². The number of benzene rings is 2. The van der Waals surface area contributed by atoms with Crippen LogP contribution in [0.15, 0.2) is 48.5 Å². The van der Waals surface area contributed by atoms with Gasteiger partial charge in [0.25, 0.3) is 0 Å². The van der Waals surface area contributed by atoms with Crippen LogP contribution in [-0.2, 0) is 14.3 Å². The highest BCUT2D eigenvalue weighted by Crippen LogP contribution is 2.44. The number of carbonyl (C=O) groups excluding carboxylic acids is 2. The van der Waals surface area contributed by atoms with Gasteiger partial charge in [-0.25, -0.2) is 4.79 Å². The summed E-state index contributed by atoms with van der Waals surface area (Å²) in [6.07, 6.45) is 4.14. The molecule has 2 unspecified atom stereocenters. The minimum Gasteiger partial charge on any atom is -0.481 e.